The van der Waals surface area contributed by atoms with Crippen LogP contribution in [0.25, 0.3) is 11.0 Å². The van der Waals surface area contributed by atoms with Gasteiger partial charge < -0.3 is 54.2 Å². The van der Waals surface area contributed by atoms with Gasteiger partial charge in [-0.05, 0) is 60.3 Å². The summed E-state index contributed by atoms with van der Waals surface area (Å²) in [6, 6.07) is 4.20. The average Bonchev–Trinajstić information content (AvgIpc) is 3.05. The number of rotatable bonds is 7. The second-order valence-electron chi connectivity index (χ2n) is 14.0. The van der Waals surface area contributed by atoms with Crippen LogP contribution in [0.4, 0.5) is 0 Å². The Morgan fingerprint density at radius 1 is 1.00 bits per heavy atom. The van der Waals surface area contributed by atoms with Gasteiger partial charge in [0, 0.05) is 35.2 Å². The Hall–Kier alpha value is -4.06. The molecular weight excluding hydrogens is 670 g/mol. The van der Waals surface area contributed by atoms with Gasteiger partial charge in [0.1, 0.15) is 29.3 Å². The monoisotopic (exact) mass is 711 g/mol. The number of phenolic OH excluding ortho intramolecular Hbond substituents is 1. The molecule has 2 fully saturated rings. The molecule has 2 aliphatic heterocycles. The molecular formula is C36H41NO14. The fourth-order valence-corrected chi connectivity index (χ4v) is 7.17. The molecule has 6 N–H and O–H groups in total. The van der Waals surface area contributed by atoms with Gasteiger partial charge in [-0.1, -0.05) is 6.07 Å². The lowest BCUT2D eigenvalue weighted by molar-refractivity contribution is -0.287. The number of carboxylic acids is 1. The van der Waals surface area contributed by atoms with E-state index in [0.29, 0.717) is 0 Å². The van der Waals surface area contributed by atoms with Crippen LogP contribution in [0.15, 0.2) is 33.5 Å². The van der Waals surface area contributed by atoms with Crippen LogP contribution in [-0.2, 0) is 19.8 Å². The lowest BCUT2D eigenvalue weighted by atomic mass is 9.79. The number of hydrogen-bond acceptors (Lipinski definition) is 14. The maximum atomic E-state index is 14.3. The van der Waals surface area contributed by atoms with Crippen LogP contribution in [0.1, 0.15) is 100 Å². The third-order valence-corrected chi connectivity index (χ3v) is 10.4. The topological polar surface area (TPSA) is 234 Å². The van der Waals surface area contributed by atoms with E-state index in [1.807, 2.05) is 19.0 Å². The molecule has 3 heterocycles. The molecule has 1 aromatic heterocycles. The number of aliphatic hydroxyl groups is 4. The maximum absolute atomic E-state index is 14.3. The molecule has 2 saturated heterocycles. The number of aliphatic hydroxyl groups excluding tert-OH is 3. The largest absolute Gasteiger partial charge is 0.507 e. The summed E-state index contributed by atoms with van der Waals surface area (Å²) in [7, 11) is 3.66. The summed E-state index contributed by atoms with van der Waals surface area (Å²) in [6.07, 6.45) is -6.75. The third kappa shape index (κ3) is 6.06. The number of phenols is 1. The molecule has 2 unspecified atom stereocenters. The second kappa shape index (κ2) is 13.2. The van der Waals surface area contributed by atoms with E-state index in [1.54, 1.807) is 13.8 Å². The number of fused-ring (bicyclic) bond motifs is 4. The predicted molar refractivity (Wildman–Crippen MR) is 177 cm³/mol. The van der Waals surface area contributed by atoms with Gasteiger partial charge in [0.2, 0.25) is 5.78 Å². The minimum absolute atomic E-state index is 0.0440. The molecule has 10 atom stereocenters. The zero-order chi connectivity index (χ0) is 37.4. The van der Waals surface area contributed by atoms with Crippen LogP contribution in [0.5, 0.6) is 5.75 Å². The Morgan fingerprint density at radius 2 is 1.69 bits per heavy atom. The molecule has 0 radical (unpaired) electrons. The fraction of sp³-hybridized carbons (Fsp3) is 0.500. The number of ketones is 2. The summed E-state index contributed by atoms with van der Waals surface area (Å²) in [5, 5.41) is 62.6. The second-order valence-corrected chi connectivity index (χ2v) is 14.0. The van der Waals surface area contributed by atoms with Crippen LogP contribution >= 0.6 is 0 Å². The molecule has 3 aromatic rings. The summed E-state index contributed by atoms with van der Waals surface area (Å²) in [5.74, 6) is -4.35. The number of carbonyl (C=O) groups is 3. The van der Waals surface area contributed by atoms with E-state index in [4.69, 9.17) is 18.6 Å². The van der Waals surface area contributed by atoms with Gasteiger partial charge >= 0.3 is 5.97 Å². The van der Waals surface area contributed by atoms with Gasteiger partial charge in [-0.25, -0.2) is 4.79 Å². The van der Waals surface area contributed by atoms with E-state index in [0.717, 1.165) is 19.1 Å². The Labute approximate surface area is 291 Å². The predicted octanol–water partition coefficient (Wildman–Crippen LogP) is 1.58. The number of carbonyl (C=O) groups excluding carboxylic acids is 2. The molecule has 51 heavy (non-hydrogen) atoms. The molecule has 0 amide bonds. The molecule has 15 heteroatoms. The third-order valence-electron chi connectivity index (χ3n) is 10.4. The molecule has 15 nitrogen and oxygen atoms in total. The Bertz CT molecular complexity index is 1970. The van der Waals surface area contributed by atoms with Crippen molar-refractivity contribution in [2.45, 2.75) is 101 Å². The molecule has 3 aliphatic rings. The maximum Gasteiger partial charge on any atom is 0.336 e. The highest BCUT2D eigenvalue weighted by Gasteiger charge is 2.45. The Morgan fingerprint density at radius 3 is 2.29 bits per heavy atom. The first kappa shape index (κ1) is 36.7. The summed E-state index contributed by atoms with van der Waals surface area (Å²) in [6.45, 7) is 5.79. The van der Waals surface area contributed by atoms with Gasteiger partial charge in [-0.15, -0.1) is 0 Å². The first-order chi connectivity index (χ1) is 23.8. The number of benzene rings is 2. The van der Waals surface area contributed by atoms with Crippen LogP contribution in [0, 0.1) is 0 Å². The van der Waals surface area contributed by atoms with Crippen molar-refractivity contribution >= 4 is 28.5 Å². The SMILES string of the molecule is CC(O)C(C)(O)c1cc(=O)c2c(C(=O)O)cc3c(c2o1)C(=O)c1c(ccc([C@H]2C[C@H](N(C)C)[C@H](O[C@H]4C[C@H](O)[C@H](O)[C@H](C)O4)[C@H](C)O2)c1O)C3=O. The fourth-order valence-electron chi connectivity index (χ4n) is 7.17. The minimum Gasteiger partial charge on any atom is -0.507 e. The molecule has 0 spiro atoms. The Kier molecular flexibility index (Phi) is 9.48. The zero-order valence-electron chi connectivity index (χ0n) is 28.8. The number of aromatic carboxylic acids is 1. The van der Waals surface area contributed by atoms with Crippen LogP contribution < -0.4 is 5.43 Å². The van der Waals surface area contributed by atoms with Crippen molar-refractivity contribution in [3.8, 4) is 5.75 Å². The minimum atomic E-state index is -2.14. The first-order valence-corrected chi connectivity index (χ1v) is 16.6. The van der Waals surface area contributed by atoms with Crippen molar-refractivity contribution in [1.82, 2.24) is 4.90 Å². The quantitative estimate of drug-likeness (QED) is 0.160. The van der Waals surface area contributed by atoms with E-state index in [-0.39, 0.29) is 35.6 Å². The van der Waals surface area contributed by atoms with Crippen LogP contribution in [-0.4, -0.2) is 116 Å². The van der Waals surface area contributed by atoms with Crippen molar-refractivity contribution < 1.29 is 63.7 Å². The average molecular weight is 712 g/mol. The molecule has 0 saturated carbocycles. The van der Waals surface area contributed by atoms with Gasteiger partial charge in [0.05, 0.1) is 52.6 Å². The van der Waals surface area contributed by atoms with Crippen molar-refractivity contribution in [2.24, 2.45) is 0 Å². The molecule has 6 rings (SSSR count). The normalized spacial score (nSPS) is 29.8. The van der Waals surface area contributed by atoms with Crippen molar-refractivity contribution in [1.29, 1.82) is 0 Å². The summed E-state index contributed by atoms with van der Waals surface area (Å²) in [5.41, 5.74) is -5.57. The number of carboxylic acid groups (broad SMARTS) is 1. The first-order valence-electron chi connectivity index (χ1n) is 16.6. The smallest absolute Gasteiger partial charge is 0.336 e. The van der Waals surface area contributed by atoms with Crippen molar-refractivity contribution in [2.75, 3.05) is 14.1 Å². The van der Waals surface area contributed by atoms with E-state index in [1.165, 1.54) is 19.1 Å². The highest BCUT2D eigenvalue weighted by atomic mass is 16.7. The zero-order valence-corrected chi connectivity index (χ0v) is 28.8. The number of ether oxygens (including phenoxy) is 3. The highest BCUT2D eigenvalue weighted by molar-refractivity contribution is 6.33. The molecule has 2 aromatic carbocycles. The highest BCUT2D eigenvalue weighted by Crippen LogP contribution is 2.44. The van der Waals surface area contributed by atoms with Crippen molar-refractivity contribution in [3.63, 3.8) is 0 Å². The number of hydrogen-bond donors (Lipinski definition) is 6. The lowest BCUT2D eigenvalue weighted by Crippen LogP contribution is -2.55. The number of nitrogens with zero attached hydrogens (tertiary/aromatic N) is 1. The van der Waals surface area contributed by atoms with Crippen LogP contribution in [0.2, 0.25) is 0 Å². The van der Waals surface area contributed by atoms with E-state index >= 15 is 0 Å². The summed E-state index contributed by atoms with van der Waals surface area (Å²) < 4.78 is 24.2. The van der Waals surface area contributed by atoms with Crippen molar-refractivity contribution in [3.05, 3.63) is 73.6 Å². The number of likely N-dealkylation sites (N-methyl/N-ethyl adjacent to an activating group) is 1. The summed E-state index contributed by atoms with van der Waals surface area (Å²) in [4.78, 5) is 55.8. The standard InChI is InChI=1S/C36H41NO14/c1-13-29(41)22(40)12-25(49-13)51-33-14(2)48-23(10-20(33)37(5)6)16-7-8-17-27(31(16)43)32(44)28-18(30(17)42)9-19(35(45)46)26-21(39)11-24(50-34(26)28)36(4,47)15(3)38/h7-9,11,13-15,20,22-23,25,29,33,38,40-41,43,47H,10,12H2,1-6H3,(H,45,46)/t13-,14-,15?,20-,22-,23+,25-,29+,33+,36?/m0/s1. The number of aromatic hydroxyl groups is 1. The summed E-state index contributed by atoms with van der Waals surface area (Å²) >= 11 is 0. The van der Waals surface area contributed by atoms with E-state index in [9.17, 15) is 49.8 Å². The van der Waals surface area contributed by atoms with Gasteiger partial charge in [-0.2, -0.15) is 0 Å². The molecule has 0 bridgehead atoms. The van der Waals surface area contributed by atoms with Crippen LogP contribution in [0.3, 0.4) is 0 Å². The van der Waals surface area contributed by atoms with Gasteiger partial charge in [0.25, 0.3) is 0 Å². The molecule has 274 valence electrons. The Balaban J connectivity index is 1.41. The molecule has 1 aliphatic carbocycles. The van der Waals surface area contributed by atoms with Gasteiger partial charge in [-0.3, -0.25) is 14.4 Å². The van der Waals surface area contributed by atoms with E-state index < -0.39 is 117 Å². The lowest BCUT2D eigenvalue weighted by Gasteiger charge is -2.46. The van der Waals surface area contributed by atoms with E-state index in [2.05, 4.69) is 0 Å². The van der Waals surface area contributed by atoms with Gasteiger partial charge in [0.15, 0.2) is 23.1 Å².